The normalized spacial score (nSPS) is 8.97. The lowest BCUT2D eigenvalue weighted by Crippen LogP contribution is -1.95. The van der Waals surface area contributed by atoms with Crippen LogP contribution in [0.15, 0.2) is 116 Å². The van der Waals surface area contributed by atoms with Crippen molar-refractivity contribution in [2.24, 2.45) is 0 Å². The molecule has 0 aliphatic carbocycles. The topological polar surface area (TPSA) is 35.5 Å². The van der Waals surface area contributed by atoms with Gasteiger partial charge in [0.15, 0.2) is 6.61 Å². The van der Waals surface area contributed by atoms with Crippen LogP contribution >= 0.6 is 0 Å². The molecule has 0 aromatic heterocycles. The molecule has 4 aromatic carbocycles. The van der Waals surface area contributed by atoms with E-state index in [0.717, 1.165) is 16.5 Å². The second-order valence-electron chi connectivity index (χ2n) is 6.90. The van der Waals surface area contributed by atoms with Crippen molar-refractivity contribution in [1.82, 2.24) is 0 Å². The van der Waals surface area contributed by atoms with E-state index < -0.39 is 5.97 Å². The molecule has 34 heavy (non-hydrogen) atoms. The summed E-state index contributed by atoms with van der Waals surface area (Å²) in [6.07, 6.45) is 5.93. The molecule has 0 saturated heterocycles. The molecule has 0 amide bonds. The summed E-state index contributed by atoms with van der Waals surface area (Å²) in [5.74, 6) is 2.92. The Kier molecular flexibility index (Phi) is 11.6. The van der Waals surface area contributed by atoms with Crippen LogP contribution in [0.25, 0.3) is 22.9 Å². The molecule has 4 aromatic rings. The van der Waals surface area contributed by atoms with E-state index >= 15 is 0 Å². The summed E-state index contributed by atoms with van der Waals surface area (Å²) in [6, 6.07) is 33.9. The number of hydrogen-bond donors (Lipinski definition) is 0. The van der Waals surface area contributed by atoms with Gasteiger partial charge in [-0.25, -0.2) is 0 Å². The van der Waals surface area contributed by atoms with Gasteiger partial charge < -0.3 is 9.47 Å². The predicted octanol–water partition coefficient (Wildman–Crippen LogP) is 7.40. The summed E-state index contributed by atoms with van der Waals surface area (Å²) in [7, 11) is 0. The first-order valence-corrected chi connectivity index (χ1v) is 10.7. The quantitative estimate of drug-likeness (QED) is 0.241. The first-order chi connectivity index (χ1) is 16.6. The molecule has 0 N–H and O–H groups in total. The zero-order valence-corrected chi connectivity index (χ0v) is 19.3. The number of esters is 1. The molecule has 0 heterocycles. The number of carbonyl (C=O) groups is 1. The van der Waals surface area contributed by atoms with E-state index in [1.165, 1.54) is 18.1 Å². The molecule has 0 aliphatic heterocycles. The zero-order chi connectivity index (χ0) is 24.4. The molecular formula is C31H28O3. The van der Waals surface area contributed by atoms with Crippen molar-refractivity contribution >= 4 is 28.9 Å². The Labute approximate surface area is 202 Å². The third-order valence-electron chi connectivity index (χ3n) is 4.37. The SMILES string of the molecule is C=Cc1ccccc1.C=Cc1ccccc1.CC(=O)OC#CCOc1ccc2ccccc2c1. The fraction of sp³-hybridized carbons (Fsp3) is 0.0645. The highest BCUT2D eigenvalue weighted by Gasteiger charge is 1.95. The van der Waals surface area contributed by atoms with Crippen molar-refractivity contribution < 1.29 is 14.3 Å². The summed E-state index contributed by atoms with van der Waals surface area (Å²) >= 11 is 0. The molecule has 0 bridgehead atoms. The maximum absolute atomic E-state index is 10.5. The highest BCUT2D eigenvalue weighted by Crippen LogP contribution is 2.20. The van der Waals surface area contributed by atoms with Gasteiger partial charge in [-0.3, -0.25) is 4.79 Å². The maximum atomic E-state index is 10.5. The molecule has 3 heteroatoms. The molecule has 0 aliphatic rings. The van der Waals surface area contributed by atoms with Crippen LogP contribution in [-0.4, -0.2) is 12.6 Å². The number of hydrogen-bond acceptors (Lipinski definition) is 3. The minimum absolute atomic E-state index is 0.186. The van der Waals surface area contributed by atoms with E-state index in [1.54, 1.807) is 0 Å². The Morgan fingerprint density at radius 1 is 0.765 bits per heavy atom. The third-order valence-corrected chi connectivity index (χ3v) is 4.37. The lowest BCUT2D eigenvalue weighted by atomic mass is 10.1. The number of ether oxygens (including phenoxy) is 2. The lowest BCUT2D eigenvalue weighted by Gasteiger charge is -2.03. The summed E-state index contributed by atoms with van der Waals surface area (Å²) < 4.78 is 9.90. The summed E-state index contributed by atoms with van der Waals surface area (Å²) in [5.41, 5.74) is 2.35. The average Bonchev–Trinajstić information content (AvgIpc) is 2.90. The van der Waals surface area contributed by atoms with Crippen molar-refractivity contribution in [3.8, 4) is 17.8 Å². The largest absolute Gasteiger partial charge is 0.481 e. The number of rotatable bonds is 4. The van der Waals surface area contributed by atoms with E-state index in [-0.39, 0.29) is 6.61 Å². The van der Waals surface area contributed by atoms with E-state index in [2.05, 4.69) is 29.9 Å². The smallest absolute Gasteiger partial charge is 0.316 e. The lowest BCUT2D eigenvalue weighted by molar-refractivity contribution is -0.134. The number of carbonyl (C=O) groups excluding carboxylic acids is 1. The molecule has 0 fully saturated rings. The van der Waals surface area contributed by atoms with Gasteiger partial charge in [-0.2, -0.15) is 0 Å². The maximum Gasteiger partial charge on any atom is 0.316 e. The van der Waals surface area contributed by atoms with Crippen LogP contribution in [-0.2, 0) is 9.53 Å². The van der Waals surface area contributed by atoms with Crippen LogP contribution in [0.5, 0.6) is 5.75 Å². The Morgan fingerprint density at radius 2 is 1.29 bits per heavy atom. The Hall–Kier alpha value is -4.55. The van der Waals surface area contributed by atoms with Gasteiger partial charge in [0.1, 0.15) is 11.9 Å². The average molecular weight is 449 g/mol. The van der Waals surface area contributed by atoms with Gasteiger partial charge in [-0.1, -0.05) is 116 Å². The second-order valence-corrected chi connectivity index (χ2v) is 6.90. The highest BCUT2D eigenvalue weighted by molar-refractivity contribution is 5.83. The first-order valence-electron chi connectivity index (χ1n) is 10.7. The van der Waals surface area contributed by atoms with Gasteiger partial charge in [-0.15, -0.1) is 0 Å². The van der Waals surface area contributed by atoms with Crippen molar-refractivity contribution in [2.75, 3.05) is 6.61 Å². The molecule has 3 nitrogen and oxygen atoms in total. The van der Waals surface area contributed by atoms with Gasteiger partial charge in [-0.05, 0) is 40.0 Å². The summed E-state index contributed by atoms with van der Waals surface area (Å²) in [4.78, 5) is 10.5. The van der Waals surface area contributed by atoms with E-state index in [1.807, 2.05) is 115 Å². The fourth-order valence-corrected chi connectivity index (χ4v) is 2.69. The highest BCUT2D eigenvalue weighted by atomic mass is 16.5. The van der Waals surface area contributed by atoms with Gasteiger partial charge in [0, 0.05) is 6.92 Å². The van der Waals surface area contributed by atoms with Gasteiger partial charge in [0.25, 0.3) is 0 Å². The van der Waals surface area contributed by atoms with Gasteiger partial charge in [0.05, 0.1) is 0 Å². The Morgan fingerprint density at radius 3 is 1.79 bits per heavy atom. The van der Waals surface area contributed by atoms with Crippen molar-refractivity contribution in [1.29, 1.82) is 0 Å². The van der Waals surface area contributed by atoms with Crippen LogP contribution in [0.3, 0.4) is 0 Å². The standard InChI is InChI=1S/C15H12O3.2C8H8/c1-12(16)17-9-4-10-18-15-8-7-13-5-2-3-6-14(13)11-15;2*1-2-8-6-4-3-5-7-8/h2-3,5-8,11H,10H2,1H3;2*2-7H,1H2. The molecule has 0 atom stereocenters. The van der Waals surface area contributed by atoms with Crippen LogP contribution in [0, 0.1) is 12.0 Å². The molecule has 0 spiro atoms. The molecular weight excluding hydrogens is 420 g/mol. The summed E-state index contributed by atoms with van der Waals surface area (Å²) in [6.45, 7) is 8.75. The number of fused-ring (bicyclic) bond motifs is 1. The van der Waals surface area contributed by atoms with Crippen LogP contribution in [0.2, 0.25) is 0 Å². The third kappa shape index (κ3) is 10.2. The van der Waals surface area contributed by atoms with Crippen molar-refractivity contribution in [2.45, 2.75) is 6.92 Å². The van der Waals surface area contributed by atoms with Crippen molar-refractivity contribution in [3.05, 3.63) is 127 Å². The molecule has 0 radical (unpaired) electrons. The fourth-order valence-electron chi connectivity index (χ4n) is 2.69. The van der Waals surface area contributed by atoms with Crippen LogP contribution < -0.4 is 4.74 Å². The number of benzene rings is 4. The Bertz CT molecular complexity index is 1190. The molecule has 4 rings (SSSR count). The molecule has 0 saturated carbocycles. The van der Waals surface area contributed by atoms with Crippen LogP contribution in [0.1, 0.15) is 18.1 Å². The second kappa shape index (κ2) is 15.3. The van der Waals surface area contributed by atoms with E-state index in [0.29, 0.717) is 0 Å². The van der Waals surface area contributed by atoms with E-state index in [4.69, 9.17) is 4.74 Å². The predicted molar refractivity (Wildman–Crippen MR) is 142 cm³/mol. The molecule has 170 valence electrons. The monoisotopic (exact) mass is 448 g/mol. The van der Waals surface area contributed by atoms with Crippen LogP contribution in [0.4, 0.5) is 0 Å². The van der Waals surface area contributed by atoms with Gasteiger partial charge >= 0.3 is 5.97 Å². The van der Waals surface area contributed by atoms with Gasteiger partial charge in [0.2, 0.25) is 0 Å². The molecule has 0 unspecified atom stereocenters. The minimum Gasteiger partial charge on any atom is -0.481 e. The van der Waals surface area contributed by atoms with E-state index in [9.17, 15) is 4.79 Å². The first kappa shape index (κ1) is 25.7. The zero-order valence-electron chi connectivity index (χ0n) is 19.3. The minimum atomic E-state index is -0.423. The van der Waals surface area contributed by atoms with Crippen molar-refractivity contribution in [3.63, 3.8) is 0 Å². The summed E-state index contributed by atoms with van der Waals surface area (Å²) in [5, 5.41) is 2.28. The Balaban J connectivity index is 0.000000210.